The summed E-state index contributed by atoms with van der Waals surface area (Å²) in [5, 5.41) is 0. The van der Waals surface area contributed by atoms with Crippen LogP contribution in [0.4, 0.5) is 0 Å². The van der Waals surface area contributed by atoms with E-state index in [0.29, 0.717) is 0 Å². The van der Waals surface area contributed by atoms with Crippen LogP contribution >= 0.6 is 0 Å². The fourth-order valence-corrected chi connectivity index (χ4v) is 25.9. The van der Waals surface area contributed by atoms with Gasteiger partial charge in [-0.15, -0.1) is 0 Å². The molecule has 9 heteroatoms. The smallest absolute Gasteiger partial charge is 0.161 e. The zero-order valence-corrected chi connectivity index (χ0v) is 43.1. The second kappa shape index (κ2) is 22.1. The third-order valence-electron chi connectivity index (χ3n) is 20.1. The normalized spacial score (nSPS) is 41.3. The first kappa shape index (κ1) is 50.7. The minimum absolute atomic E-state index is 0.470. The van der Waals surface area contributed by atoms with E-state index >= 15 is 0 Å². The van der Waals surface area contributed by atoms with Crippen molar-refractivity contribution in [3.8, 4) is 0 Å². The first-order valence-electron chi connectivity index (χ1n) is 28.1. The lowest BCUT2D eigenvalue weighted by Gasteiger charge is -2.32. The van der Waals surface area contributed by atoms with E-state index in [0.717, 1.165) is 231 Å². The maximum Gasteiger partial charge on any atom is 0.161 e. The zero-order chi connectivity index (χ0) is 44.4. The fourth-order valence-electron chi connectivity index (χ4n) is 16.0. The molecule has 7 aliphatic rings. The van der Waals surface area contributed by atoms with Crippen LogP contribution in [0.3, 0.4) is 0 Å². The number of sulfone groups is 3. The molecule has 0 amide bonds. The van der Waals surface area contributed by atoms with Crippen LogP contribution in [-0.4, -0.2) is 53.7 Å². The largest absolute Gasteiger partial charge is 0.228 e. The van der Waals surface area contributed by atoms with Gasteiger partial charge in [0.1, 0.15) is 0 Å². The first-order valence-corrected chi connectivity index (χ1v) is 32.5. The quantitative estimate of drug-likeness (QED) is 0.240. The molecule has 0 aliphatic carbocycles. The highest BCUT2D eigenvalue weighted by Crippen LogP contribution is 2.59. The Morgan fingerprint density at radius 2 is 0.238 bits per heavy atom. The van der Waals surface area contributed by atoms with E-state index < -0.39 is 58.0 Å². The van der Waals surface area contributed by atoms with Crippen molar-refractivity contribution in [3.63, 3.8) is 0 Å². The summed E-state index contributed by atoms with van der Waals surface area (Å²) in [5.74, 6) is 0. The molecule has 0 radical (unpaired) electrons. The standard InChI is InChI=1S/C54H96O6S3/c55-61(56)49-31-19-13-7-1-2-8-14-20-32-50-38-27-28-40-52(46-45-50,62(50,57)58)34-22-16-10-5-6-12-18-24-36-54-42-30-29-41-53(47-48-54,63(54,59)60)35-23-17-11-4-3-9-15-21-33-51(61,44-43-49)39-26-25-37-49/h1-48H2/t49-,50-,51+,52+,53-,54+. The summed E-state index contributed by atoms with van der Waals surface area (Å²) in [6.45, 7) is 0. The van der Waals surface area contributed by atoms with Gasteiger partial charge in [0.2, 0.25) is 0 Å². The van der Waals surface area contributed by atoms with Crippen molar-refractivity contribution in [1.29, 1.82) is 0 Å². The van der Waals surface area contributed by atoms with Gasteiger partial charge in [0.15, 0.2) is 29.5 Å². The van der Waals surface area contributed by atoms with Crippen molar-refractivity contribution in [2.75, 3.05) is 0 Å². The molecule has 0 spiro atoms. The van der Waals surface area contributed by atoms with Crippen molar-refractivity contribution in [2.45, 2.75) is 337 Å². The summed E-state index contributed by atoms with van der Waals surface area (Å²) < 4.78 is 84.1. The van der Waals surface area contributed by atoms with E-state index in [1.807, 2.05) is 0 Å². The molecule has 7 saturated heterocycles. The van der Waals surface area contributed by atoms with E-state index in [1.165, 1.54) is 77.0 Å². The van der Waals surface area contributed by atoms with Gasteiger partial charge >= 0.3 is 0 Å². The molecule has 7 aliphatic heterocycles. The molecule has 7 rings (SSSR count). The van der Waals surface area contributed by atoms with Crippen molar-refractivity contribution in [2.24, 2.45) is 0 Å². The number of rotatable bonds is 0. The molecule has 7 heterocycles. The van der Waals surface area contributed by atoms with Crippen LogP contribution in [-0.2, 0) is 29.5 Å². The van der Waals surface area contributed by atoms with Crippen molar-refractivity contribution in [3.05, 3.63) is 0 Å². The lowest BCUT2D eigenvalue weighted by atomic mass is 9.81. The summed E-state index contributed by atoms with van der Waals surface area (Å²) >= 11 is 0. The van der Waals surface area contributed by atoms with Gasteiger partial charge in [-0.2, -0.15) is 0 Å². The van der Waals surface area contributed by atoms with E-state index in [9.17, 15) is 25.3 Å². The Kier molecular flexibility index (Phi) is 17.8. The van der Waals surface area contributed by atoms with Crippen molar-refractivity contribution >= 4 is 29.5 Å². The van der Waals surface area contributed by atoms with Gasteiger partial charge in [0, 0.05) is 0 Å². The number of hydrogen-bond acceptors (Lipinski definition) is 6. The highest BCUT2D eigenvalue weighted by Gasteiger charge is 2.63. The third kappa shape index (κ3) is 10.3. The Labute approximate surface area is 389 Å². The molecule has 63 heavy (non-hydrogen) atoms. The minimum atomic E-state index is -3.16. The lowest BCUT2D eigenvalue weighted by Crippen LogP contribution is -2.43. The maximum atomic E-state index is 14.5. The molecular formula is C54H96O6S3. The highest BCUT2D eigenvalue weighted by atomic mass is 32.2. The van der Waals surface area contributed by atoms with Crippen molar-refractivity contribution < 1.29 is 25.3 Å². The Morgan fingerprint density at radius 1 is 0.143 bits per heavy atom. The first-order chi connectivity index (χ1) is 30.4. The summed E-state index contributed by atoms with van der Waals surface area (Å²) in [7, 11) is -9.47. The van der Waals surface area contributed by atoms with Crippen LogP contribution in [0.25, 0.3) is 0 Å². The summed E-state index contributed by atoms with van der Waals surface area (Å²) in [6, 6.07) is 0. The van der Waals surface area contributed by atoms with Gasteiger partial charge in [0.05, 0.1) is 28.5 Å². The Morgan fingerprint density at radius 3 is 0.365 bits per heavy atom. The summed E-state index contributed by atoms with van der Waals surface area (Å²) in [4.78, 5) is 0. The predicted molar refractivity (Wildman–Crippen MR) is 265 cm³/mol. The molecule has 6 nitrogen and oxygen atoms in total. The lowest BCUT2D eigenvalue weighted by molar-refractivity contribution is 0.363. The van der Waals surface area contributed by atoms with Crippen LogP contribution in [0, 0.1) is 0 Å². The van der Waals surface area contributed by atoms with Gasteiger partial charge in [-0.3, -0.25) is 0 Å². The van der Waals surface area contributed by atoms with Gasteiger partial charge in [-0.1, -0.05) is 193 Å². The Balaban J connectivity index is 0.925. The van der Waals surface area contributed by atoms with Crippen LogP contribution in [0.5, 0.6) is 0 Å². The molecule has 0 aromatic heterocycles. The van der Waals surface area contributed by atoms with Gasteiger partial charge < -0.3 is 0 Å². The SMILES string of the molecule is O=S1(=O)[C@@]23CCCCCCCCCC[C@]45CCCC[C@](CCCCCCCCCC[C@@]67CCCC[C@@](CCCCCCCCCC[C@@]1(CCCC2)CC3)(CC6)S7(=O)=O)(CC4)S5(=O)=O. The molecule has 0 aromatic carbocycles. The maximum absolute atomic E-state index is 14.5. The molecule has 0 aromatic rings. The number of hydrogen-bond donors (Lipinski definition) is 0. The Bertz CT molecular complexity index is 1460. The minimum Gasteiger partial charge on any atom is -0.228 e. The van der Waals surface area contributed by atoms with E-state index in [2.05, 4.69) is 0 Å². The molecule has 7 fully saturated rings. The van der Waals surface area contributed by atoms with Gasteiger partial charge in [-0.25, -0.2) is 25.3 Å². The van der Waals surface area contributed by atoms with Crippen molar-refractivity contribution in [1.82, 2.24) is 0 Å². The highest BCUT2D eigenvalue weighted by molar-refractivity contribution is 7.95. The summed E-state index contributed by atoms with van der Waals surface area (Å²) in [5.41, 5.74) is 0. The van der Waals surface area contributed by atoms with E-state index in [1.54, 1.807) is 0 Å². The van der Waals surface area contributed by atoms with Crippen LogP contribution < -0.4 is 0 Å². The van der Waals surface area contributed by atoms with Gasteiger partial charge in [0.25, 0.3) is 0 Å². The van der Waals surface area contributed by atoms with E-state index in [-0.39, 0.29) is 0 Å². The second-order valence-electron chi connectivity index (χ2n) is 23.7. The predicted octanol–water partition coefficient (Wildman–Crippen LogP) is 15.5. The molecular weight excluding hydrogens is 841 g/mol. The molecule has 366 valence electrons. The van der Waals surface area contributed by atoms with Crippen LogP contribution in [0.2, 0.25) is 0 Å². The summed E-state index contributed by atoms with van der Waals surface area (Å²) in [6.07, 6.45) is 49.6. The average molecular weight is 938 g/mol. The Hall–Kier alpha value is -0.150. The average Bonchev–Trinajstić information content (AvgIpc) is 3.55. The third-order valence-corrected chi connectivity index (χ3v) is 30.6. The molecule has 0 N–H and O–H groups in total. The van der Waals surface area contributed by atoms with E-state index in [4.69, 9.17) is 0 Å². The van der Waals surface area contributed by atoms with Crippen LogP contribution in [0.1, 0.15) is 308 Å². The molecule has 0 saturated carbocycles. The van der Waals surface area contributed by atoms with Crippen LogP contribution in [0.15, 0.2) is 0 Å². The fraction of sp³-hybridized carbons (Fsp3) is 1.00. The topological polar surface area (TPSA) is 102 Å². The molecule has 6 atom stereocenters. The molecule has 0 unspecified atom stereocenters. The van der Waals surface area contributed by atoms with Gasteiger partial charge in [-0.05, 0) is 116 Å². The monoisotopic (exact) mass is 937 g/mol. The second-order valence-corrected chi connectivity index (χ2v) is 31.9. The molecule has 6 bridgehead atoms. The zero-order valence-electron chi connectivity index (χ0n) is 40.6.